The van der Waals surface area contributed by atoms with Crippen LogP contribution < -0.4 is 10.3 Å². The van der Waals surface area contributed by atoms with Gasteiger partial charge in [0.1, 0.15) is 11.2 Å². The normalized spacial score (nSPS) is 17.2. The van der Waals surface area contributed by atoms with Crippen molar-refractivity contribution in [1.29, 1.82) is 0 Å². The Hall–Kier alpha value is -3.72. The van der Waals surface area contributed by atoms with Gasteiger partial charge in [-0.1, -0.05) is 60.3 Å². The average Bonchev–Trinajstić information content (AvgIpc) is 3.03. The number of amides is 3. The number of carbonyl (C=O) groups excluding carboxylic acids is 3. The number of thioether (sulfide) groups is 1. The Morgan fingerprint density at radius 3 is 2.13 bits per heavy atom. The summed E-state index contributed by atoms with van der Waals surface area (Å²) in [6.45, 7) is 10.3. The van der Waals surface area contributed by atoms with Gasteiger partial charge in [0, 0.05) is 17.5 Å². The summed E-state index contributed by atoms with van der Waals surface area (Å²) in [5.41, 5.74) is 1.98. The Morgan fingerprint density at radius 2 is 1.47 bits per heavy atom. The molecule has 9 heteroatoms. The van der Waals surface area contributed by atoms with Crippen LogP contribution in [0, 0.1) is 0 Å². The van der Waals surface area contributed by atoms with Gasteiger partial charge in [-0.2, -0.15) is 5.01 Å². The number of nitrogens with zero attached hydrogens (tertiary/aromatic N) is 2. The lowest BCUT2D eigenvalue weighted by Gasteiger charge is -2.39. The number of likely N-dealkylation sites (N-methyl/N-ethyl adjacent to an activating group) is 1. The second-order valence-corrected chi connectivity index (χ2v) is 12.3. The Kier molecular flexibility index (Phi) is 7.09. The monoisotopic (exact) mass is 535 g/mol. The molecule has 1 atom stereocenters. The van der Waals surface area contributed by atoms with Gasteiger partial charge in [0.2, 0.25) is 4.87 Å². The first-order chi connectivity index (χ1) is 17.7. The topological polar surface area (TPSA) is 88.2 Å². The molecule has 1 aliphatic heterocycles. The van der Waals surface area contributed by atoms with Gasteiger partial charge < -0.3 is 14.4 Å². The van der Waals surface area contributed by atoms with Crippen LogP contribution >= 0.6 is 11.8 Å². The summed E-state index contributed by atoms with van der Waals surface area (Å²) in [5.74, 6) is -0.418. The first-order valence-electron chi connectivity index (χ1n) is 12.3. The highest BCUT2D eigenvalue weighted by Crippen LogP contribution is 2.53. The van der Waals surface area contributed by atoms with E-state index < -0.39 is 34.2 Å². The molecule has 3 amide bonds. The van der Waals surface area contributed by atoms with Crippen LogP contribution in [0.3, 0.4) is 0 Å². The SMILES string of the molecule is CN1C(=O)[C@@](Sc2ccc3ccccc3c2)(N(NC(=O)OC(C)(C)C)C(=O)OC(C)(C)C)c2ccccc21. The van der Waals surface area contributed by atoms with E-state index >= 15 is 0 Å². The van der Waals surface area contributed by atoms with Crippen LogP contribution in [0.15, 0.2) is 71.6 Å². The first kappa shape index (κ1) is 27.3. The van der Waals surface area contributed by atoms with E-state index in [1.807, 2.05) is 48.5 Å². The van der Waals surface area contributed by atoms with E-state index in [0.717, 1.165) is 32.4 Å². The molecule has 200 valence electrons. The fourth-order valence-electron chi connectivity index (χ4n) is 4.22. The van der Waals surface area contributed by atoms with Crippen molar-refractivity contribution in [2.24, 2.45) is 0 Å². The lowest BCUT2D eigenvalue weighted by atomic mass is 10.1. The van der Waals surface area contributed by atoms with Gasteiger partial charge in [-0.3, -0.25) is 4.79 Å². The number of hydrazine groups is 1. The van der Waals surface area contributed by atoms with E-state index in [1.165, 1.54) is 4.90 Å². The predicted octanol–water partition coefficient (Wildman–Crippen LogP) is 6.44. The third-order valence-corrected chi connectivity index (χ3v) is 7.07. The Labute approximate surface area is 227 Å². The minimum absolute atomic E-state index is 0.418. The zero-order valence-corrected chi connectivity index (χ0v) is 23.5. The number of ether oxygens (including phenoxy) is 2. The van der Waals surface area contributed by atoms with Crippen LogP contribution in [0.4, 0.5) is 15.3 Å². The van der Waals surface area contributed by atoms with E-state index in [1.54, 1.807) is 66.8 Å². The molecular weight excluding hydrogens is 502 g/mol. The number of fused-ring (bicyclic) bond motifs is 2. The van der Waals surface area contributed by atoms with Crippen molar-refractivity contribution in [2.45, 2.75) is 62.5 Å². The van der Waals surface area contributed by atoms with E-state index in [2.05, 4.69) is 5.43 Å². The fourth-order valence-corrected chi connectivity index (χ4v) is 5.60. The number of anilines is 1. The van der Waals surface area contributed by atoms with Crippen molar-refractivity contribution in [3.63, 3.8) is 0 Å². The first-order valence-corrected chi connectivity index (χ1v) is 13.1. The van der Waals surface area contributed by atoms with Gasteiger partial charge in [-0.05, 0) is 70.5 Å². The van der Waals surface area contributed by atoms with Crippen LogP contribution in [-0.4, -0.2) is 41.4 Å². The van der Waals surface area contributed by atoms with Crippen LogP contribution in [-0.2, 0) is 19.1 Å². The maximum absolute atomic E-state index is 14.2. The molecule has 0 spiro atoms. The summed E-state index contributed by atoms with van der Waals surface area (Å²) < 4.78 is 11.2. The van der Waals surface area contributed by atoms with Crippen LogP contribution in [0.5, 0.6) is 0 Å². The molecule has 0 saturated heterocycles. The maximum Gasteiger partial charge on any atom is 0.431 e. The summed E-state index contributed by atoms with van der Waals surface area (Å²) in [4.78, 5) is 41.5. The summed E-state index contributed by atoms with van der Waals surface area (Å²) in [6.07, 6.45) is -1.78. The Balaban J connectivity index is 1.91. The lowest BCUT2D eigenvalue weighted by Crippen LogP contribution is -2.61. The van der Waals surface area contributed by atoms with Crippen molar-refractivity contribution in [1.82, 2.24) is 10.4 Å². The van der Waals surface area contributed by atoms with Crippen molar-refractivity contribution in [3.05, 3.63) is 72.3 Å². The van der Waals surface area contributed by atoms with Crippen molar-refractivity contribution < 1.29 is 23.9 Å². The second kappa shape index (κ2) is 9.87. The van der Waals surface area contributed by atoms with Crippen LogP contribution in [0.2, 0.25) is 0 Å². The molecule has 1 heterocycles. The number of benzene rings is 3. The zero-order valence-electron chi connectivity index (χ0n) is 22.7. The van der Waals surface area contributed by atoms with Crippen LogP contribution in [0.1, 0.15) is 47.1 Å². The van der Waals surface area contributed by atoms with E-state index in [-0.39, 0.29) is 0 Å². The molecule has 1 aliphatic rings. The molecule has 0 saturated carbocycles. The number of nitrogens with one attached hydrogen (secondary N) is 1. The quantitative estimate of drug-likeness (QED) is 0.307. The number of hydrogen-bond acceptors (Lipinski definition) is 6. The highest BCUT2D eigenvalue weighted by Gasteiger charge is 2.59. The van der Waals surface area contributed by atoms with Crippen LogP contribution in [0.25, 0.3) is 10.8 Å². The van der Waals surface area contributed by atoms with Gasteiger partial charge in [0.15, 0.2) is 0 Å². The predicted molar refractivity (Wildman–Crippen MR) is 149 cm³/mol. The molecule has 0 bridgehead atoms. The molecule has 0 aliphatic carbocycles. The van der Waals surface area contributed by atoms with Gasteiger partial charge in [0.25, 0.3) is 5.91 Å². The standard InChI is InChI=1S/C29H33N3O5S/c1-27(2,3)36-25(34)30-32(26(35)37-28(4,5)6)29(22-14-10-11-15-23(22)31(7)24(29)33)38-21-17-16-19-12-8-9-13-20(19)18-21/h8-18H,1-7H3,(H,30,34)/t29-/m1/s1. The number of hydrogen-bond donors (Lipinski definition) is 1. The summed E-state index contributed by atoms with van der Waals surface area (Å²) in [7, 11) is 1.64. The molecule has 0 fully saturated rings. The molecular formula is C29H33N3O5S. The summed E-state index contributed by atoms with van der Waals surface area (Å²) >= 11 is 1.15. The number of rotatable bonds is 3. The second-order valence-electron chi connectivity index (χ2n) is 11.1. The average molecular weight is 536 g/mol. The van der Waals surface area contributed by atoms with Gasteiger partial charge in [-0.25, -0.2) is 15.0 Å². The summed E-state index contributed by atoms with van der Waals surface area (Å²) in [6, 6.07) is 20.9. The fraction of sp³-hybridized carbons (Fsp3) is 0.345. The molecule has 0 aromatic heterocycles. The minimum atomic E-state index is -1.72. The molecule has 38 heavy (non-hydrogen) atoms. The molecule has 3 aromatic carbocycles. The Morgan fingerprint density at radius 1 is 0.868 bits per heavy atom. The maximum atomic E-state index is 14.2. The molecule has 3 aromatic rings. The highest BCUT2D eigenvalue weighted by atomic mass is 32.2. The van der Waals surface area contributed by atoms with E-state index in [0.29, 0.717) is 11.3 Å². The molecule has 8 nitrogen and oxygen atoms in total. The third kappa shape index (κ3) is 5.43. The molecule has 0 radical (unpaired) electrons. The van der Waals surface area contributed by atoms with Gasteiger partial charge >= 0.3 is 12.2 Å². The summed E-state index contributed by atoms with van der Waals surface area (Å²) in [5, 5.41) is 2.98. The Bertz CT molecular complexity index is 1390. The van der Waals surface area contributed by atoms with Crippen molar-refractivity contribution >= 4 is 46.3 Å². The minimum Gasteiger partial charge on any atom is -0.443 e. The third-order valence-electron chi connectivity index (χ3n) is 5.70. The van der Waals surface area contributed by atoms with Crippen molar-refractivity contribution in [2.75, 3.05) is 11.9 Å². The zero-order chi connectivity index (χ0) is 27.9. The largest absolute Gasteiger partial charge is 0.443 e. The lowest BCUT2D eigenvalue weighted by molar-refractivity contribution is -0.126. The molecule has 1 N–H and O–H groups in total. The number of para-hydroxylation sites is 1. The number of carbonyl (C=O) groups is 3. The van der Waals surface area contributed by atoms with Crippen molar-refractivity contribution in [3.8, 4) is 0 Å². The van der Waals surface area contributed by atoms with E-state index in [9.17, 15) is 14.4 Å². The highest BCUT2D eigenvalue weighted by molar-refractivity contribution is 8.01. The molecule has 4 rings (SSSR count). The van der Waals surface area contributed by atoms with Gasteiger partial charge in [-0.15, -0.1) is 0 Å². The molecule has 0 unspecified atom stereocenters. The van der Waals surface area contributed by atoms with Gasteiger partial charge in [0.05, 0.1) is 5.69 Å². The van der Waals surface area contributed by atoms with E-state index in [4.69, 9.17) is 9.47 Å². The smallest absolute Gasteiger partial charge is 0.431 e.